The van der Waals surface area contributed by atoms with Gasteiger partial charge >= 0.3 is 6.18 Å². The largest absolute Gasteiger partial charge is 0.485 e. The van der Waals surface area contributed by atoms with Crippen LogP contribution in [0.3, 0.4) is 0 Å². The Morgan fingerprint density at radius 3 is 2.52 bits per heavy atom. The normalized spacial score (nSPS) is 19.0. The van der Waals surface area contributed by atoms with Crippen LogP contribution in [0.2, 0.25) is 0 Å². The number of nitrogens with one attached hydrogen (secondary N) is 1. The number of nitrogens with zero attached hydrogens (tertiary/aromatic N) is 1. The number of hydrogen-bond donors (Lipinski definition) is 1. The number of rotatable bonds is 3. The van der Waals surface area contributed by atoms with Gasteiger partial charge < -0.3 is 24.4 Å². The molecular weight excluding hydrogens is 389 g/mol. The molecule has 0 saturated carbocycles. The number of carbonyl (C=O) groups excluding carboxylic acids is 1. The van der Waals surface area contributed by atoms with Crippen molar-refractivity contribution in [1.82, 2.24) is 0 Å². The van der Waals surface area contributed by atoms with E-state index in [0.717, 1.165) is 12.1 Å². The summed E-state index contributed by atoms with van der Waals surface area (Å²) in [5, 5.41) is 2.59. The van der Waals surface area contributed by atoms with Gasteiger partial charge in [-0.15, -0.1) is 0 Å². The molecule has 0 aliphatic carbocycles. The molecule has 0 unspecified atom stereocenters. The molecule has 1 N–H and O–H groups in total. The number of morpholine rings is 1. The molecule has 6 nitrogen and oxygen atoms in total. The van der Waals surface area contributed by atoms with Gasteiger partial charge in [0.05, 0.1) is 30.2 Å². The lowest BCUT2D eigenvalue weighted by Crippen LogP contribution is -2.41. The van der Waals surface area contributed by atoms with Crippen LogP contribution in [0.5, 0.6) is 11.5 Å². The average Bonchev–Trinajstić information content (AvgIpc) is 2.73. The molecule has 154 valence electrons. The number of anilines is 2. The van der Waals surface area contributed by atoms with E-state index in [0.29, 0.717) is 43.5 Å². The third-order valence-electron chi connectivity index (χ3n) is 4.73. The summed E-state index contributed by atoms with van der Waals surface area (Å²) in [7, 11) is 0. The highest BCUT2D eigenvalue weighted by molar-refractivity contribution is 5.97. The van der Waals surface area contributed by atoms with Crippen LogP contribution in [0.15, 0.2) is 42.5 Å². The molecule has 0 aromatic heterocycles. The molecule has 29 heavy (non-hydrogen) atoms. The van der Waals surface area contributed by atoms with Crippen molar-refractivity contribution in [1.29, 1.82) is 0 Å². The van der Waals surface area contributed by atoms with Gasteiger partial charge in [0.2, 0.25) is 6.10 Å². The fourth-order valence-electron chi connectivity index (χ4n) is 3.25. The fraction of sp³-hybridized carbons (Fsp3) is 0.350. The SMILES string of the molecule is O=C(Nc1cc(C(F)(F)F)ccc1N1CCOCC1)[C@H]1COc2ccccc2O1. The highest BCUT2D eigenvalue weighted by atomic mass is 19.4. The predicted molar refractivity (Wildman–Crippen MR) is 99.5 cm³/mol. The zero-order chi connectivity index (χ0) is 20.4. The van der Waals surface area contributed by atoms with Crippen LogP contribution in [0.1, 0.15) is 5.56 Å². The molecule has 1 fully saturated rings. The van der Waals surface area contributed by atoms with Crippen molar-refractivity contribution in [3.05, 3.63) is 48.0 Å². The molecule has 2 heterocycles. The monoisotopic (exact) mass is 408 g/mol. The number of fused-ring (bicyclic) bond motifs is 1. The van der Waals surface area contributed by atoms with Crippen molar-refractivity contribution in [2.45, 2.75) is 12.3 Å². The Morgan fingerprint density at radius 1 is 1.07 bits per heavy atom. The molecule has 2 aromatic carbocycles. The first-order valence-corrected chi connectivity index (χ1v) is 9.15. The topological polar surface area (TPSA) is 60.0 Å². The van der Waals surface area contributed by atoms with Crippen LogP contribution in [0.4, 0.5) is 24.5 Å². The van der Waals surface area contributed by atoms with E-state index in [1.807, 2.05) is 4.90 Å². The summed E-state index contributed by atoms with van der Waals surface area (Å²) >= 11 is 0. The molecule has 0 bridgehead atoms. The minimum absolute atomic E-state index is 0.0330. The molecule has 2 aliphatic heterocycles. The quantitative estimate of drug-likeness (QED) is 0.845. The highest BCUT2D eigenvalue weighted by Crippen LogP contribution is 2.36. The lowest BCUT2D eigenvalue weighted by Gasteiger charge is -2.31. The van der Waals surface area contributed by atoms with Crippen LogP contribution >= 0.6 is 0 Å². The van der Waals surface area contributed by atoms with Crippen LogP contribution in [-0.2, 0) is 15.7 Å². The fourth-order valence-corrected chi connectivity index (χ4v) is 3.25. The van der Waals surface area contributed by atoms with Gasteiger partial charge in [0.1, 0.15) is 6.61 Å². The van der Waals surface area contributed by atoms with Gasteiger partial charge in [-0.2, -0.15) is 13.2 Å². The van der Waals surface area contributed by atoms with Crippen molar-refractivity contribution in [2.24, 2.45) is 0 Å². The second kappa shape index (κ2) is 7.82. The summed E-state index contributed by atoms with van der Waals surface area (Å²) in [6.07, 6.45) is -5.50. The zero-order valence-corrected chi connectivity index (χ0v) is 15.4. The molecule has 0 radical (unpaired) electrons. The van der Waals surface area contributed by atoms with Gasteiger partial charge in [0, 0.05) is 13.1 Å². The van der Waals surface area contributed by atoms with E-state index in [4.69, 9.17) is 14.2 Å². The lowest BCUT2D eigenvalue weighted by molar-refractivity contribution is -0.137. The average molecular weight is 408 g/mol. The van der Waals surface area contributed by atoms with Crippen molar-refractivity contribution in [2.75, 3.05) is 43.1 Å². The maximum Gasteiger partial charge on any atom is 0.416 e. The molecule has 2 aromatic rings. The van der Waals surface area contributed by atoms with Crippen LogP contribution in [0, 0.1) is 0 Å². The molecule has 1 amide bonds. The van der Waals surface area contributed by atoms with Crippen LogP contribution in [-0.4, -0.2) is 44.9 Å². The number of halogens is 3. The number of hydrogen-bond acceptors (Lipinski definition) is 5. The summed E-state index contributed by atoms with van der Waals surface area (Å²) in [5.41, 5.74) is -0.253. The van der Waals surface area contributed by atoms with Gasteiger partial charge in [-0.05, 0) is 30.3 Å². The number of carbonyl (C=O) groups is 1. The highest BCUT2D eigenvalue weighted by Gasteiger charge is 2.33. The van der Waals surface area contributed by atoms with E-state index in [1.165, 1.54) is 6.07 Å². The standard InChI is InChI=1S/C20H19F3N2O4/c21-20(22,23)13-5-6-15(25-7-9-27-10-8-25)14(11-13)24-19(26)18-12-28-16-3-1-2-4-17(16)29-18/h1-6,11,18H,7-10,12H2,(H,24,26)/t18-/m1/s1. The summed E-state index contributed by atoms with van der Waals surface area (Å²) < 4.78 is 56.1. The molecule has 9 heteroatoms. The van der Waals surface area contributed by atoms with E-state index < -0.39 is 23.8 Å². The van der Waals surface area contributed by atoms with Gasteiger partial charge in [-0.1, -0.05) is 12.1 Å². The first-order valence-electron chi connectivity index (χ1n) is 9.15. The number of alkyl halides is 3. The second-order valence-electron chi connectivity index (χ2n) is 6.68. The number of amides is 1. The summed E-state index contributed by atoms with van der Waals surface area (Å²) in [4.78, 5) is 14.6. The maximum atomic E-state index is 13.2. The lowest BCUT2D eigenvalue weighted by atomic mass is 10.1. The third-order valence-corrected chi connectivity index (χ3v) is 4.73. The Balaban J connectivity index is 1.58. The van der Waals surface area contributed by atoms with Crippen molar-refractivity contribution < 1.29 is 32.2 Å². The Morgan fingerprint density at radius 2 is 1.79 bits per heavy atom. The predicted octanol–water partition coefficient (Wildman–Crippen LogP) is 3.32. The number of benzene rings is 2. The second-order valence-corrected chi connectivity index (χ2v) is 6.68. The first-order chi connectivity index (χ1) is 13.9. The number of ether oxygens (including phenoxy) is 3. The Kier molecular flexibility index (Phi) is 5.23. The first kappa shape index (κ1) is 19.4. The molecule has 4 rings (SSSR count). The maximum absolute atomic E-state index is 13.2. The van der Waals surface area contributed by atoms with E-state index in [-0.39, 0.29) is 12.3 Å². The van der Waals surface area contributed by atoms with Gasteiger partial charge in [-0.25, -0.2) is 0 Å². The molecular formula is C20H19F3N2O4. The molecule has 0 spiro atoms. The van der Waals surface area contributed by atoms with Crippen molar-refractivity contribution >= 4 is 17.3 Å². The van der Waals surface area contributed by atoms with Gasteiger partial charge in [-0.3, -0.25) is 4.79 Å². The van der Waals surface area contributed by atoms with E-state index in [9.17, 15) is 18.0 Å². The van der Waals surface area contributed by atoms with Crippen molar-refractivity contribution in [3.63, 3.8) is 0 Å². The summed E-state index contributed by atoms with van der Waals surface area (Å²) in [5.74, 6) is 0.356. The molecule has 2 aliphatic rings. The van der Waals surface area contributed by atoms with Gasteiger partial charge in [0.15, 0.2) is 11.5 Å². The molecule has 1 atom stereocenters. The van der Waals surface area contributed by atoms with E-state index >= 15 is 0 Å². The van der Waals surface area contributed by atoms with Gasteiger partial charge in [0.25, 0.3) is 5.91 Å². The summed E-state index contributed by atoms with van der Waals surface area (Å²) in [6.45, 7) is 1.93. The minimum Gasteiger partial charge on any atom is -0.485 e. The van der Waals surface area contributed by atoms with Crippen molar-refractivity contribution in [3.8, 4) is 11.5 Å². The molecule has 1 saturated heterocycles. The Bertz CT molecular complexity index is 898. The van der Waals surface area contributed by atoms with Crippen LogP contribution < -0.4 is 19.7 Å². The zero-order valence-electron chi connectivity index (χ0n) is 15.4. The Hall–Kier alpha value is -2.94. The van der Waals surface area contributed by atoms with Crippen LogP contribution in [0.25, 0.3) is 0 Å². The smallest absolute Gasteiger partial charge is 0.416 e. The number of para-hydroxylation sites is 2. The summed E-state index contributed by atoms with van der Waals surface area (Å²) in [6, 6.07) is 10.2. The Labute approximate surface area is 165 Å². The van der Waals surface area contributed by atoms with E-state index in [1.54, 1.807) is 24.3 Å². The minimum atomic E-state index is -4.52. The third kappa shape index (κ3) is 4.24. The van der Waals surface area contributed by atoms with E-state index in [2.05, 4.69) is 5.32 Å².